The van der Waals surface area contributed by atoms with Crippen LogP contribution in [0.5, 0.6) is 0 Å². The molecule has 36 heavy (non-hydrogen) atoms. The summed E-state index contributed by atoms with van der Waals surface area (Å²) in [5, 5.41) is 18.2. The van der Waals surface area contributed by atoms with E-state index >= 15 is 4.39 Å². The van der Waals surface area contributed by atoms with Gasteiger partial charge in [-0.15, -0.1) is 0 Å². The molecule has 188 valence electrons. The van der Waals surface area contributed by atoms with Gasteiger partial charge in [0.1, 0.15) is 5.82 Å². The fourth-order valence-electron chi connectivity index (χ4n) is 4.27. The fraction of sp³-hybridized carbons (Fsp3) is 0.400. The van der Waals surface area contributed by atoms with E-state index in [-0.39, 0.29) is 23.9 Å². The van der Waals surface area contributed by atoms with Crippen molar-refractivity contribution < 1.29 is 13.7 Å². The summed E-state index contributed by atoms with van der Waals surface area (Å²) < 4.78 is 20.1. The summed E-state index contributed by atoms with van der Waals surface area (Å²) in [5.41, 5.74) is 2.13. The van der Waals surface area contributed by atoms with Gasteiger partial charge in [0.2, 0.25) is 0 Å². The molecule has 11 heteroatoms. The number of carbonyl (C=O) groups is 1. The lowest BCUT2D eigenvalue weighted by atomic mass is 9.96. The lowest BCUT2D eigenvalue weighted by molar-refractivity contribution is 0.0906. The lowest BCUT2D eigenvalue weighted by Crippen LogP contribution is -2.24. The number of likely N-dealkylation sites (N-methyl/N-ethyl adjacent to an activating group) is 1. The number of rotatable bonds is 6. The molecule has 0 radical (unpaired) electrons. The van der Waals surface area contributed by atoms with Gasteiger partial charge in [-0.1, -0.05) is 38.1 Å². The van der Waals surface area contributed by atoms with E-state index in [1.807, 2.05) is 32.9 Å². The van der Waals surface area contributed by atoms with Crippen LogP contribution in [0, 0.1) is 5.82 Å². The summed E-state index contributed by atoms with van der Waals surface area (Å²) in [6.45, 7) is 7.70. The van der Waals surface area contributed by atoms with Crippen molar-refractivity contribution in [3.8, 4) is 11.1 Å². The summed E-state index contributed by atoms with van der Waals surface area (Å²) in [6.07, 6.45) is 2.70. The van der Waals surface area contributed by atoms with Crippen molar-refractivity contribution in [2.75, 3.05) is 25.5 Å². The van der Waals surface area contributed by atoms with E-state index in [2.05, 4.69) is 47.9 Å². The molecule has 0 spiro atoms. The highest BCUT2D eigenvalue weighted by atomic mass is 19.1. The van der Waals surface area contributed by atoms with Crippen LogP contribution in [0.4, 0.5) is 10.2 Å². The number of nitrogens with one attached hydrogen (secondary N) is 3. The van der Waals surface area contributed by atoms with Crippen molar-refractivity contribution >= 4 is 22.8 Å². The van der Waals surface area contributed by atoms with Crippen molar-refractivity contribution in [3.05, 3.63) is 53.6 Å². The Bertz CT molecular complexity index is 1410. The molecule has 1 aliphatic rings. The highest BCUT2D eigenvalue weighted by molar-refractivity contribution is 6.00. The molecule has 1 fully saturated rings. The van der Waals surface area contributed by atoms with Crippen LogP contribution in [0.3, 0.4) is 0 Å². The number of hydrogen-bond donors (Lipinski definition) is 3. The number of pyridine rings is 1. The average molecular weight is 493 g/mol. The molecule has 4 heterocycles. The zero-order chi connectivity index (χ0) is 25.4. The van der Waals surface area contributed by atoms with E-state index in [1.165, 1.54) is 6.07 Å². The van der Waals surface area contributed by atoms with E-state index in [4.69, 9.17) is 4.52 Å². The molecule has 1 aromatic carbocycles. The summed E-state index contributed by atoms with van der Waals surface area (Å²) in [7, 11) is 2.09. The van der Waals surface area contributed by atoms with Crippen molar-refractivity contribution in [3.63, 3.8) is 0 Å². The van der Waals surface area contributed by atoms with Crippen molar-refractivity contribution in [1.29, 1.82) is 0 Å². The number of aromatic amines is 1. The molecule has 10 nitrogen and oxygen atoms in total. The van der Waals surface area contributed by atoms with E-state index in [0.717, 1.165) is 30.5 Å². The van der Waals surface area contributed by atoms with E-state index in [9.17, 15) is 4.79 Å². The van der Waals surface area contributed by atoms with Gasteiger partial charge >= 0.3 is 11.8 Å². The summed E-state index contributed by atoms with van der Waals surface area (Å²) >= 11 is 0. The van der Waals surface area contributed by atoms with Crippen LogP contribution in [0.2, 0.25) is 0 Å². The van der Waals surface area contributed by atoms with Crippen LogP contribution < -0.4 is 10.6 Å². The minimum atomic E-state index is -0.552. The summed E-state index contributed by atoms with van der Waals surface area (Å²) in [4.78, 5) is 23.2. The number of anilines is 1. The number of amides is 1. The monoisotopic (exact) mass is 492 g/mol. The molecule has 0 saturated carbocycles. The Hall–Kier alpha value is -3.86. The molecule has 1 saturated heterocycles. The quantitative estimate of drug-likeness (QED) is 0.374. The van der Waals surface area contributed by atoms with Gasteiger partial charge in [-0.3, -0.25) is 9.89 Å². The SMILES string of the molecule is CN1CC[C@H](Nc2n[nH]c3nccc(-c4ccc(CNC(=O)c5nc(C(C)(C)C)no5)c(F)c4)c23)C1. The second-order valence-corrected chi connectivity index (χ2v) is 10.2. The molecule has 4 aromatic rings. The van der Waals surface area contributed by atoms with Crippen LogP contribution >= 0.6 is 0 Å². The number of fused-ring (bicyclic) bond motifs is 1. The topological polar surface area (TPSA) is 125 Å². The fourth-order valence-corrected chi connectivity index (χ4v) is 4.27. The minimum Gasteiger partial charge on any atom is -0.364 e. The third-order valence-corrected chi connectivity index (χ3v) is 6.29. The Labute approximate surface area is 207 Å². The molecule has 1 aliphatic heterocycles. The van der Waals surface area contributed by atoms with Gasteiger partial charge in [-0.25, -0.2) is 9.37 Å². The van der Waals surface area contributed by atoms with Gasteiger partial charge in [0.05, 0.1) is 5.39 Å². The Morgan fingerprint density at radius 3 is 2.83 bits per heavy atom. The standard InChI is InChI=1S/C25H29FN8O2/c1-25(2,3)24-30-23(36-33-24)22(35)28-12-15-6-5-14(11-18(15)26)17-7-9-27-20-19(17)21(32-31-20)29-16-8-10-34(4)13-16/h5-7,9,11,16H,8,10,12-13H2,1-4H3,(H,28,35)(H2,27,29,31,32)/t16-/m0/s1. The summed E-state index contributed by atoms with van der Waals surface area (Å²) in [6, 6.07) is 7.08. The number of halogens is 1. The highest BCUT2D eigenvalue weighted by Gasteiger charge is 2.24. The van der Waals surface area contributed by atoms with Gasteiger partial charge in [-0.05, 0) is 43.3 Å². The smallest absolute Gasteiger partial charge is 0.315 e. The Kier molecular flexibility index (Phi) is 6.17. The number of carbonyl (C=O) groups excluding carboxylic acids is 1. The first-order valence-corrected chi connectivity index (χ1v) is 11.9. The van der Waals surface area contributed by atoms with Gasteiger partial charge in [0.15, 0.2) is 17.3 Å². The van der Waals surface area contributed by atoms with Crippen molar-refractivity contribution in [2.24, 2.45) is 0 Å². The van der Waals surface area contributed by atoms with Crippen molar-refractivity contribution in [2.45, 2.75) is 45.2 Å². The first-order chi connectivity index (χ1) is 17.2. The predicted molar refractivity (Wildman–Crippen MR) is 133 cm³/mol. The van der Waals surface area contributed by atoms with Crippen molar-refractivity contribution in [1.82, 2.24) is 35.5 Å². The van der Waals surface area contributed by atoms with E-state index in [0.29, 0.717) is 28.4 Å². The maximum absolute atomic E-state index is 15.1. The second-order valence-electron chi connectivity index (χ2n) is 10.2. The Morgan fingerprint density at radius 2 is 2.14 bits per heavy atom. The number of aromatic nitrogens is 5. The molecule has 0 bridgehead atoms. The normalized spacial score (nSPS) is 16.5. The molecule has 5 rings (SSSR count). The lowest BCUT2D eigenvalue weighted by Gasteiger charge is -2.13. The summed E-state index contributed by atoms with van der Waals surface area (Å²) in [5.74, 6) is 0.00176. The van der Waals surface area contributed by atoms with Gasteiger partial charge in [0, 0.05) is 36.3 Å². The molecule has 1 atom stereocenters. The van der Waals surface area contributed by atoms with Crippen LogP contribution in [0.25, 0.3) is 22.2 Å². The molecule has 0 unspecified atom stereocenters. The number of H-pyrrole nitrogens is 1. The van der Waals surface area contributed by atoms with E-state index < -0.39 is 11.7 Å². The number of nitrogens with zero attached hydrogens (tertiary/aromatic N) is 5. The average Bonchev–Trinajstić information content (AvgIpc) is 3.58. The first kappa shape index (κ1) is 23.9. The van der Waals surface area contributed by atoms with E-state index in [1.54, 1.807) is 12.3 Å². The maximum atomic E-state index is 15.1. The molecule has 3 aromatic heterocycles. The van der Waals surface area contributed by atoms with Gasteiger partial charge in [0.25, 0.3) is 0 Å². The largest absolute Gasteiger partial charge is 0.364 e. The minimum absolute atomic E-state index is 0.0162. The molecule has 1 amide bonds. The first-order valence-electron chi connectivity index (χ1n) is 11.9. The third kappa shape index (κ3) is 4.78. The second kappa shape index (κ2) is 9.30. The number of benzene rings is 1. The third-order valence-electron chi connectivity index (χ3n) is 6.29. The zero-order valence-electron chi connectivity index (χ0n) is 20.7. The highest BCUT2D eigenvalue weighted by Crippen LogP contribution is 2.33. The molecular formula is C25H29FN8O2. The Balaban J connectivity index is 1.34. The van der Waals surface area contributed by atoms with Gasteiger partial charge in [-0.2, -0.15) is 10.1 Å². The van der Waals surface area contributed by atoms with Crippen LogP contribution in [-0.2, 0) is 12.0 Å². The number of likely N-dealkylation sites (tertiary alicyclic amines) is 1. The molecule has 0 aliphatic carbocycles. The zero-order valence-corrected chi connectivity index (χ0v) is 20.7. The molecule has 3 N–H and O–H groups in total. The maximum Gasteiger partial charge on any atom is 0.315 e. The molecular weight excluding hydrogens is 463 g/mol. The van der Waals surface area contributed by atoms with Crippen LogP contribution in [-0.4, -0.2) is 62.3 Å². The van der Waals surface area contributed by atoms with Crippen LogP contribution in [0.1, 0.15) is 49.3 Å². The number of hydrogen-bond acceptors (Lipinski definition) is 8. The van der Waals surface area contributed by atoms with Gasteiger partial charge < -0.3 is 20.1 Å². The van der Waals surface area contributed by atoms with Crippen LogP contribution in [0.15, 0.2) is 35.0 Å². The Morgan fingerprint density at radius 1 is 1.31 bits per heavy atom. The predicted octanol–water partition coefficient (Wildman–Crippen LogP) is 3.49.